The first-order valence-corrected chi connectivity index (χ1v) is 8.17. The number of carbonyl (C=O) groups is 5. The summed E-state index contributed by atoms with van der Waals surface area (Å²) in [5.74, 6) is -6.65. The Morgan fingerprint density at radius 3 is 2.23 bits per heavy atom. The number of thioether (sulfide) groups is 1. The second kappa shape index (κ2) is 7.56. The summed E-state index contributed by atoms with van der Waals surface area (Å²) in [5, 5.41) is -1.87. The minimum Gasteiger partial charge on any atom is -0.462 e. The Labute approximate surface area is 152 Å². The van der Waals surface area contributed by atoms with Gasteiger partial charge >= 0.3 is 29.5 Å². The van der Waals surface area contributed by atoms with E-state index in [4.69, 9.17) is 9.47 Å². The fraction of sp³-hybridized carbons (Fsp3) is 0.312. The molecule has 0 radical (unpaired) electrons. The van der Waals surface area contributed by atoms with Crippen molar-refractivity contribution in [1.29, 1.82) is 0 Å². The first kappa shape index (κ1) is 19.4. The van der Waals surface area contributed by atoms with Crippen molar-refractivity contribution in [3.63, 3.8) is 0 Å². The van der Waals surface area contributed by atoms with Crippen LogP contribution in [0.1, 0.15) is 13.8 Å². The number of ether oxygens (including phenoxy) is 3. The molecule has 2 atom stereocenters. The molecule has 26 heavy (non-hydrogen) atoms. The van der Waals surface area contributed by atoms with Crippen LogP contribution in [0.15, 0.2) is 30.3 Å². The maximum atomic E-state index is 12.6. The van der Waals surface area contributed by atoms with Crippen LogP contribution in [0.2, 0.25) is 0 Å². The third-order valence-electron chi connectivity index (χ3n) is 3.24. The first-order valence-electron chi connectivity index (χ1n) is 7.29. The second-order valence-corrected chi connectivity index (χ2v) is 6.37. The van der Waals surface area contributed by atoms with Gasteiger partial charge in [-0.1, -0.05) is 30.0 Å². The molecule has 2 rings (SSSR count). The van der Waals surface area contributed by atoms with E-state index in [1.807, 2.05) is 0 Å². The molecule has 1 aromatic rings. The quantitative estimate of drug-likeness (QED) is 0.317. The van der Waals surface area contributed by atoms with E-state index in [1.165, 1.54) is 19.1 Å². The molecule has 2 unspecified atom stereocenters. The number of carbonyl (C=O) groups excluding carboxylic acids is 5. The van der Waals surface area contributed by atoms with Gasteiger partial charge in [-0.3, -0.25) is 19.2 Å². The molecule has 1 aliphatic rings. The lowest BCUT2D eigenvalue weighted by atomic mass is 10.0. The van der Waals surface area contributed by atoms with Crippen molar-refractivity contribution in [2.45, 2.75) is 25.0 Å². The van der Waals surface area contributed by atoms with Crippen LogP contribution in [0.5, 0.6) is 5.75 Å². The van der Waals surface area contributed by atoms with Gasteiger partial charge in [-0.15, -0.1) is 0 Å². The molecule has 1 fully saturated rings. The van der Waals surface area contributed by atoms with Gasteiger partial charge in [-0.05, 0) is 12.1 Å². The van der Waals surface area contributed by atoms with Crippen LogP contribution in [0, 0.1) is 0 Å². The van der Waals surface area contributed by atoms with Gasteiger partial charge in [-0.2, -0.15) is 0 Å². The summed E-state index contributed by atoms with van der Waals surface area (Å²) in [5.41, 5.74) is 0. The summed E-state index contributed by atoms with van der Waals surface area (Å²) in [4.78, 5) is 59.9. The minimum atomic E-state index is -2.26. The van der Waals surface area contributed by atoms with Crippen molar-refractivity contribution in [2.24, 2.45) is 0 Å². The number of hydrogen-bond donors (Lipinski definition) is 0. The van der Waals surface area contributed by atoms with Gasteiger partial charge in [0.15, 0.2) is 10.5 Å². The molecule has 0 aliphatic carbocycles. The SMILES string of the molecule is COC(=O)C(=O)N1C(=O)C(OC(C)=O)(Oc2ccccc2)C1SC(C)=O. The molecule has 1 aliphatic heterocycles. The van der Waals surface area contributed by atoms with Crippen LogP contribution in [0.25, 0.3) is 0 Å². The molecule has 0 aromatic heterocycles. The van der Waals surface area contributed by atoms with Crippen LogP contribution in [0.3, 0.4) is 0 Å². The van der Waals surface area contributed by atoms with Crippen molar-refractivity contribution in [3.05, 3.63) is 30.3 Å². The Kier molecular flexibility index (Phi) is 5.66. The molecule has 0 bridgehead atoms. The third kappa shape index (κ3) is 3.54. The lowest BCUT2D eigenvalue weighted by Gasteiger charge is -2.50. The van der Waals surface area contributed by atoms with Crippen molar-refractivity contribution >= 4 is 40.6 Å². The van der Waals surface area contributed by atoms with Crippen molar-refractivity contribution in [3.8, 4) is 5.75 Å². The van der Waals surface area contributed by atoms with E-state index >= 15 is 0 Å². The van der Waals surface area contributed by atoms with E-state index in [0.29, 0.717) is 16.7 Å². The molecule has 0 N–H and O–H groups in total. The molecule has 1 aromatic carbocycles. The van der Waals surface area contributed by atoms with Gasteiger partial charge in [0.25, 0.3) is 0 Å². The summed E-state index contributed by atoms with van der Waals surface area (Å²) in [6.07, 6.45) is 0. The highest BCUT2D eigenvalue weighted by Gasteiger charge is 2.71. The first-order chi connectivity index (χ1) is 12.2. The summed E-state index contributed by atoms with van der Waals surface area (Å²) < 4.78 is 14.9. The Bertz CT molecular complexity index is 765. The van der Waals surface area contributed by atoms with E-state index < -0.39 is 40.0 Å². The van der Waals surface area contributed by atoms with Gasteiger partial charge in [-0.25, -0.2) is 9.69 Å². The number of methoxy groups -OCH3 is 1. The van der Waals surface area contributed by atoms with Crippen molar-refractivity contribution in [1.82, 2.24) is 4.90 Å². The van der Waals surface area contributed by atoms with E-state index in [1.54, 1.807) is 18.2 Å². The molecule has 138 valence electrons. The number of esters is 2. The summed E-state index contributed by atoms with van der Waals surface area (Å²) in [6.45, 7) is 2.24. The predicted molar refractivity (Wildman–Crippen MR) is 87.5 cm³/mol. The van der Waals surface area contributed by atoms with E-state index in [-0.39, 0.29) is 5.75 Å². The Morgan fingerprint density at radius 2 is 1.73 bits per heavy atom. The fourth-order valence-corrected chi connectivity index (χ4v) is 3.21. The van der Waals surface area contributed by atoms with Gasteiger partial charge in [0.1, 0.15) is 5.75 Å². The average Bonchev–Trinajstić information content (AvgIpc) is 2.60. The summed E-state index contributed by atoms with van der Waals surface area (Å²) in [6, 6.07) is 7.93. The Morgan fingerprint density at radius 1 is 1.12 bits per heavy atom. The third-order valence-corrected chi connectivity index (χ3v) is 4.32. The van der Waals surface area contributed by atoms with E-state index in [2.05, 4.69) is 4.74 Å². The number of amides is 2. The Hall–Kier alpha value is -2.88. The normalized spacial score (nSPS) is 21.4. The van der Waals surface area contributed by atoms with Gasteiger partial charge in [0.2, 0.25) is 0 Å². The number of β-lactam (4-membered cyclic amide) rings is 1. The molecule has 1 heterocycles. The lowest BCUT2D eigenvalue weighted by Crippen LogP contribution is -2.78. The molecule has 9 nitrogen and oxygen atoms in total. The highest BCUT2D eigenvalue weighted by molar-refractivity contribution is 8.14. The van der Waals surface area contributed by atoms with Crippen LogP contribution < -0.4 is 4.74 Å². The summed E-state index contributed by atoms with van der Waals surface area (Å²) >= 11 is 0.513. The number of benzene rings is 1. The zero-order chi connectivity index (χ0) is 19.5. The predicted octanol–water partition coefficient (Wildman–Crippen LogP) is 0.472. The van der Waals surface area contributed by atoms with Gasteiger partial charge in [0, 0.05) is 13.8 Å². The zero-order valence-corrected chi connectivity index (χ0v) is 14.9. The van der Waals surface area contributed by atoms with E-state index in [9.17, 15) is 24.0 Å². The molecular weight excluding hydrogens is 366 g/mol. The monoisotopic (exact) mass is 381 g/mol. The Balaban J connectivity index is 2.45. The molecule has 0 spiro atoms. The summed E-state index contributed by atoms with van der Waals surface area (Å²) in [7, 11) is 0.970. The number of likely N-dealkylation sites (tertiary alicyclic amines) is 1. The second-order valence-electron chi connectivity index (χ2n) is 5.11. The standard InChI is InChI=1S/C16H15NO8S/c1-9(18)24-16(25-11-7-5-4-6-8-11)14(22)17(12(20)13(21)23-3)15(16)26-10(2)19/h4-8,15H,1-3H3. The number of nitrogens with zero attached hydrogens (tertiary/aromatic N) is 1. The van der Waals surface area contributed by atoms with Gasteiger partial charge < -0.3 is 14.2 Å². The molecular formula is C16H15NO8S. The molecule has 10 heteroatoms. The number of para-hydroxylation sites is 1. The zero-order valence-electron chi connectivity index (χ0n) is 14.1. The van der Waals surface area contributed by atoms with Crippen molar-refractivity contribution < 1.29 is 38.2 Å². The maximum Gasteiger partial charge on any atom is 0.397 e. The number of imide groups is 1. The topological polar surface area (TPSA) is 116 Å². The largest absolute Gasteiger partial charge is 0.462 e. The highest BCUT2D eigenvalue weighted by Crippen LogP contribution is 2.43. The average molecular weight is 381 g/mol. The van der Waals surface area contributed by atoms with Crippen molar-refractivity contribution in [2.75, 3.05) is 7.11 Å². The maximum absolute atomic E-state index is 12.6. The fourth-order valence-electron chi connectivity index (χ4n) is 2.24. The van der Waals surface area contributed by atoms with E-state index in [0.717, 1.165) is 14.0 Å². The van der Waals surface area contributed by atoms with Crippen LogP contribution in [0.4, 0.5) is 0 Å². The lowest BCUT2D eigenvalue weighted by molar-refractivity contribution is -0.243. The molecule has 0 saturated carbocycles. The molecule has 2 amide bonds. The number of hydrogen-bond acceptors (Lipinski definition) is 9. The molecule has 1 saturated heterocycles. The minimum absolute atomic E-state index is 0.168. The van der Waals surface area contributed by atoms with Crippen LogP contribution in [-0.4, -0.2) is 52.0 Å². The highest BCUT2D eigenvalue weighted by atomic mass is 32.2. The van der Waals surface area contributed by atoms with Crippen LogP contribution >= 0.6 is 11.8 Å². The number of rotatable bonds is 4. The smallest absolute Gasteiger partial charge is 0.397 e. The van der Waals surface area contributed by atoms with Gasteiger partial charge in [0.05, 0.1) is 7.11 Å². The van der Waals surface area contributed by atoms with Crippen LogP contribution in [-0.2, 0) is 33.4 Å².